The van der Waals surface area contributed by atoms with Crippen LogP contribution in [-0.2, 0) is 4.12 Å². The molecular weight excluding hydrogens is 276 g/mol. The summed E-state index contributed by atoms with van der Waals surface area (Å²) >= 11 is 0. The average molecular weight is 315 g/mol. The van der Waals surface area contributed by atoms with E-state index in [9.17, 15) is 0 Å². The van der Waals surface area contributed by atoms with Crippen molar-refractivity contribution in [1.29, 1.82) is 0 Å². The Kier molecular flexibility index (Phi) is 6.14. The molecule has 20 heavy (non-hydrogen) atoms. The monoisotopic (exact) mass is 314 g/mol. The largest absolute Gasteiger partial charge is 0.454 e. The summed E-state index contributed by atoms with van der Waals surface area (Å²) < 4.78 is 7.42. The van der Waals surface area contributed by atoms with Crippen molar-refractivity contribution in [2.75, 3.05) is 0 Å². The molecule has 0 unspecified atom stereocenters. The third-order valence-electron chi connectivity index (χ3n) is 5.89. The van der Waals surface area contributed by atoms with Gasteiger partial charge in [-0.25, -0.2) is 0 Å². The maximum Gasteiger partial charge on any atom is 0.187 e. The van der Waals surface area contributed by atoms with Crippen molar-refractivity contribution in [2.24, 2.45) is 0 Å². The second-order valence-corrected chi connectivity index (χ2v) is 18.7. The molecular formula is C17H38OSi2. The lowest BCUT2D eigenvalue weighted by atomic mass is 10.5. The predicted molar refractivity (Wildman–Crippen MR) is 96.5 cm³/mol. The minimum absolute atomic E-state index is 0.732. The SMILES string of the molecule is CC[Si](O[Si](C(C)C)(C(C)C)C1CC1)(C(C)C)C(C)C. The van der Waals surface area contributed by atoms with Crippen LogP contribution in [0.4, 0.5) is 0 Å². The van der Waals surface area contributed by atoms with E-state index in [4.69, 9.17) is 4.12 Å². The lowest BCUT2D eigenvalue weighted by molar-refractivity contribution is 0.448. The van der Waals surface area contributed by atoms with Gasteiger partial charge in [-0.05, 0) is 33.7 Å². The lowest BCUT2D eigenvalue weighted by Crippen LogP contribution is -2.58. The maximum atomic E-state index is 7.42. The Hall–Kier alpha value is 0.394. The molecule has 0 N–H and O–H groups in total. The first-order valence-corrected chi connectivity index (χ1v) is 13.3. The van der Waals surface area contributed by atoms with E-state index in [1.54, 1.807) is 0 Å². The molecule has 1 saturated carbocycles. The van der Waals surface area contributed by atoms with Gasteiger partial charge in [0, 0.05) is 0 Å². The van der Waals surface area contributed by atoms with Crippen molar-refractivity contribution in [3.63, 3.8) is 0 Å². The Morgan fingerprint density at radius 1 is 0.800 bits per heavy atom. The van der Waals surface area contributed by atoms with Crippen LogP contribution in [0.25, 0.3) is 0 Å². The van der Waals surface area contributed by atoms with Gasteiger partial charge in [-0.3, -0.25) is 0 Å². The standard InChI is InChI=1S/C17H38OSi2/c1-10-19(13(2)3,14(4)5)18-20(15(6)7,16(8)9)17-11-12-17/h13-17H,10-12H2,1-9H3. The summed E-state index contributed by atoms with van der Waals surface area (Å²) in [6.45, 7) is 21.8. The van der Waals surface area contributed by atoms with Gasteiger partial charge >= 0.3 is 0 Å². The van der Waals surface area contributed by atoms with Crippen LogP contribution in [0.15, 0.2) is 0 Å². The first-order valence-electron chi connectivity index (χ1n) is 8.85. The second-order valence-electron chi connectivity index (χ2n) is 8.16. The van der Waals surface area contributed by atoms with Crippen LogP contribution in [0, 0.1) is 0 Å². The van der Waals surface area contributed by atoms with Crippen LogP contribution in [-0.4, -0.2) is 16.6 Å². The van der Waals surface area contributed by atoms with Crippen molar-refractivity contribution in [2.45, 2.75) is 109 Å². The molecule has 1 aliphatic carbocycles. The molecule has 1 nitrogen and oxygen atoms in total. The highest BCUT2D eigenvalue weighted by atomic mass is 28.4. The Morgan fingerprint density at radius 3 is 1.40 bits per heavy atom. The average Bonchev–Trinajstić information content (AvgIpc) is 3.13. The minimum atomic E-state index is -1.65. The third kappa shape index (κ3) is 3.10. The molecule has 0 aliphatic heterocycles. The summed E-state index contributed by atoms with van der Waals surface area (Å²) in [5.41, 5.74) is 3.92. The molecule has 0 bridgehead atoms. The van der Waals surface area contributed by atoms with Crippen LogP contribution in [0.3, 0.4) is 0 Å². The maximum absolute atomic E-state index is 7.42. The van der Waals surface area contributed by atoms with Crippen molar-refractivity contribution < 1.29 is 4.12 Å². The molecule has 3 heteroatoms. The van der Waals surface area contributed by atoms with Gasteiger partial charge in [0.2, 0.25) is 0 Å². The van der Waals surface area contributed by atoms with E-state index in [1.165, 1.54) is 18.9 Å². The molecule has 0 radical (unpaired) electrons. The third-order valence-corrected chi connectivity index (χ3v) is 19.3. The van der Waals surface area contributed by atoms with Crippen molar-refractivity contribution in [3.05, 3.63) is 0 Å². The van der Waals surface area contributed by atoms with Gasteiger partial charge in [-0.15, -0.1) is 0 Å². The van der Waals surface area contributed by atoms with Crippen molar-refractivity contribution >= 4 is 16.6 Å². The quantitative estimate of drug-likeness (QED) is 0.452. The Labute approximate surface area is 130 Å². The molecule has 120 valence electrons. The number of hydrogen-bond acceptors (Lipinski definition) is 1. The Balaban J connectivity index is 3.21. The zero-order valence-corrected chi connectivity index (χ0v) is 17.4. The van der Waals surface area contributed by atoms with Gasteiger partial charge in [0.05, 0.1) is 0 Å². The molecule has 0 saturated heterocycles. The van der Waals surface area contributed by atoms with Crippen LogP contribution in [0.5, 0.6) is 0 Å². The topological polar surface area (TPSA) is 9.23 Å². The highest BCUT2D eigenvalue weighted by Crippen LogP contribution is 2.58. The van der Waals surface area contributed by atoms with Gasteiger partial charge in [-0.1, -0.05) is 75.2 Å². The molecule has 1 fully saturated rings. The van der Waals surface area contributed by atoms with Crippen LogP contribution < -0.4 is 0 Å². The summed E-state index contributed by atoms with van der Waals surface area (Å²) in [7, 11) is -3.28. The minimum Gasteiger partial charge on any atom is -0.454 e. The highest BCUT2D eigenvalue weighted by Gasteiger charge is 2.58. The normalized spacial score (nSPS) is 17.9. The van der Waals surface area contributed by atoms with Crippen molar-refractivity contribution in [3.8, 4) is 0 Å². The Bertz CT molecular complexity index is 285. The summed E-state index contributed by atoms with van der Waals surface area (Å²) in [6, 6.07) is 1.28. The van der Waals surface area contributed by atoms with Gasteiger partial charge in [0.25, 0.3) is 0 Å². The summed E-state index contributed by atoms with van der Waals surface area (Å²) in [5.74, 6) is 0. The fourth-order valence-electron chi connectivity index (χ4n) is 4.58. The van der Waals surface area contributed by atoms with Gasteiger partial charge in [-0.2, -0.15) is 0 Å². The molecule has 0 aromatic carbocycles. The van der Waals surface area contributed by atoms with E-state index < -0.39 is 16.6 Å². The summed E-state index contributed by atoms with van der Waals surface area (Å²) in [4.78, 5) is 0. The first-order chi connectivity index (χ1) is 9.15. The van der Waals surface area contributed by atoms with E-state index in [2.05, 4.69) is 62.3 Å². The molecule has 0 amide bonds. The molecule has 0 spiro atoms. The molecule has 1 rings (SSSR count). The summed E-state index contributed by atoms with van der Waals surface area (Å²) in [5, 5.41) is 0. The fourth-order valence-corrected chi connectivity index (χ4v) is 19.5. The van der Waals surface area contributed by atoms with Gasteiger partial charge in [0.1, 0.15) is 0 Å². The molecule has 0 atom stereocenters. The highest BCUT2D eigenvalue weighted by molar-refractivity contribution is 6.90. The van der Waals surface area contributed by atoms with E-state index in [1.807, 2.05) is 0 Å². The van der Waals surface area contributed by atoms with E-state index in [0.717, 1.165) is 27.7 Å². The lowest BCUT2D eigenvalue weighted by Gasteiger charge is -2.50. The molecule has 0 aromatic rings. The van der Waals surface area contributed by atoms with Gasteiger partial charge in [0.15, 0.2) is 16.6 Å². The van der Waals surface area contributed by atoms with E-state index >= 15 is 0 Å². The predicted octanol–water partition coefficient (Wildman–Crippen LogP) is 6.72. The smallest absolute Gasteiger partial charge is 0.187 e. The molecule has 0 heterocycles. The zero-order valence-electron chi connectivity index (χ0n) is 15.4. The molecule has 0 aromatic heterocycles. The summed E-state index contributed by atoms with van der Waals surface area (Å²) in [6.07, 6.45) is 2.87. The Morgan fingerprint density at radius 2 is 1.20 bits per heavy atom. The van der Waals surface area contributed by atoms with Crippen molar-refractivity contribution in [1.82, 2.24) is 0 Å². The van der Waals surface area contributed by atoms with Crippen LogP contribution >= 0.6 is 0 Å². The number of hydrogen-bond donors (Lipinski definition) is 0. The van der Waals surface area contributed by atoms with E-state index in [0.29, 0.717) is 0 Å². The first kappa shape index (κ1) is 18.4. The fraction of sp³-hybridized carbons (Fsp3) is 1.00. The van der Waals surface area contributed by atoms with Crippen LogP contribution in [0.1, 0.15) is 75.2 Å². The molecule has 1 aliphatic rings. The zero-order chi connectivity index (χ0) is 15.7. The van der Waals surface area contributed by atoms with Crippen LogP contribution in [0.2, 0.25) is 33.7 Å². The number of rotatable bonds is 8. The second kappa shape index (κ2) is 6.66. The van der Waals surface area contributed by atoms with E-state index in [-0.39, 0.29) is 0 Å². The van der Waals surface area contributed by atoms with Gasteiger partial charge < -0.3 is 4.12 Å².